The summed E-state index contributed by atoms with van der Waals surface area (Å²) < 4.78 is 2.28. The molecule has 2 heterocycles. The Hall–Kier alpha value is -2.66. The largest absolute Gasteiger partial charge is 0.396 e. The van der Waals surface area contributed by atoms with E-state index >= 15 is 0 Å². The summed E-state index contributed by atoms with van der Waals surface area (Å²) in [5.74, 6) is 1.83. The van der Waals surface area contributed by atoms with Crippen LogP contribution in [0.3, 0.4) is 0 Å². The SMILES string of the molecule is O=C1N(Cc2nc3cc(C4CCCCC4)ccc3n2CCCCO)c2ccccc2C12CC2. The van der Waals surface area contributed by atoms with Gasteiger partial charge >= 0.3 is 0 Å². The van der Waals surface area contributed by atoms with Gasteiger partial charge in [-0.1, -0.05) is 43.5 Å². The van der Waals surface area contributed by atoms with Crippen LogP contribution in [0.4, 0.5) is 5.69 Å². The van der Waals surface area contributed by atoms with Gasteiger partial charge in [0.1, 0.15) is 5.82 Å². The fourth-order valence-corrected chi connectivity index (χ4v) is 6.14. The van der Waals surface area contributed by atoms with E-state index in [2.05, 4.69) is 34.9 Å². The average Bonchev–Trinajstić information content (AvgIpc) is 3.55. The highest BCUT2D eigenvalue weighted by Crippen LogP contribution is 2.57. The lowest BCUT2D eigenvalue weighted by Crippen LogP contribution is -2.32. The van der Waals surface area contributed by atoms with E-state index in [4.69, 9.17) is 4.98 Å². The summed E-state index contributed by atoms with van der Waals surface area (Å²) in [6.45, 7) is 1.52. The molecule has 33 heavy (non-hydrogen) atoms. The summed E-state index contributed by atoms with van der Waals surface area (Å²) in [5.41, 5.74) is 5.56. The number of aromatic nitrogens is 2. The molecule has 172 valence electrons. The number of aliphatic hydroxyl groups excluding tert-OH is 1. The zero-order chi connectivity index (χ0) is 22.4. The van der Waals surface area contributed by atoms with Crippen LogP contribution < -0.4 is 4.90 Å². The van der Waals surface area contributed by atoms with Gasteiger partial charge in [0, 0.05) is 18.8 Å². The second-order valence-corrected chi connectivity index (χ2v) is 10.2. The molecular weight excluding hydrogens is 410 g/mol. The van der Waals surface area contributed by atoms with Gasteiger partial charge in [0.2, 0.25) is 5.91 Å². The number of imidazole rings is 1. The second-order valence-electron chi connectivity index (χ2n) is 10.2. The first-order chi connectivity index (χ1) is 16.2. The highest BCUT2D eigenvalue weighted by atomic mass is 16.3. The molecule has 2 aromatic carbocycles. The molecule has 5 nitrogen and oxygen atoms in total. The summed E-state index contributed by atoms with van der Waals surface area (Å²) in [6.07, 6.45) is 10.1. The Labute approximate surface area is 195 Å². The molecule has 0 radical (unpaired) electrons. The van der Waals surface area contributed by atoms with E-state index < -0.39 is 0 Å². The van der Waals surface area contributed by atoms with Gasteiger partial charge in [0.25, 0.3) is 0 Å². The second kappa shape index (κ2) is 8.28. The van der Waals surface area contributed by atoms with E-state index in [1.165, 1.54) is 43.2 Å². The third-order valence-corrected chi connectivity index (χ3v) is 8.13. The van der Waals surface area contributed by atoms with Crippen molar-refractivity contribution in [3.63, 3.8) is 0 Å². The number of fused-ring (bicyclic) bond motifs is 3. The summed E-state index contributed by atoms with van der Waals surface area (Å²) in [4.78, 5) is 20.5. The number of carbonyl (C=O) groups excluding carboxylic acids is 1. The van der Waals surface area contributed by atoms with Crippen LogP contribution in [0.1, 0.15) is 80.7 Å². The number of anilines is 1. The number of aryl methyl sites for hydroxylation is 1. The predicted molar refractivity (Wildman–Crippen MR) is 130 cm³/mol. The van der Waals surface area contributed by atoms with Crippen molar-refractivity contribution in [2.75, 3.05) is 11.5 Å². The molecule has 2 aliphatic carbocycles. The van der Waals surface area contributed by atoms with Gasteiger partial charge in [0.05, 0.1) is 23.0 Å². The molecule has 0 unspecified atom stereocenters. The standard InChI is InChI=1S/C28H33N3O2/c32-17-7-6-16-30-25-13-12-21(20-8-2-1-3-9-20)18-23(25)29-26(30)19-31-24-11-5-4-10-22(24)28(14-15-28)27(31)33/h4-5,10-13,18,20,32H,1-3,6-9,14-17,19H2. The Morgan fingerprint density at radius 1 is 1.03 bits per heavy atom. The van der Waals surface area contributed by atoms with Crippen LogP contribution in [0.25, 0.3) is 11.0 Å². The van der Waals surface area contributed by atoms with Gasteiger partial charge < -0.3 is 14.6 Å². The number of aliphatic hydroxyl groups is 1. The minimum atomic E-state index is -0.279. The molecule has 1 aliphatic heterocycles. The third kappa shape index (κ3) is 3.48. The Kier molecular flexibility index (Phi) is 5.25. The number of amides is 1. The van der Waals surface area contributed by atoms with Gasteiger partial charge in [-0.2, -0.15) is 0 Å². The summed E-state index contributed by atoms with van der Waals surface area (Å²) in [7, 11) is 0. The van der Waals surface area contributed by atoms with E-state index in [0.29, 0.717) is 12.5 Å². The molecule has 6 rings (SSSR count). The van der Waals surface area contributed by atoms with Crippen LogP contribution in [-0.4, -0.2) is 27.2 Å². The van der Waals surface area contributed by atoms with E-state index in [1.54, 1.807) is 0 Å². The summed E-state index contributed by atoms with van der Waals surface area (Å²) in [5, 5.41) is 9.32. The van der Waals surface area contributed by atoms with E-state index in [-0.39, 0.29) is 17.9 Å². The molecule has 2 fully saturated rings. The lowest BCUT2D eigenvalue weighted by Gasteiger charge is -2.21. The zero-order valence-corrected chi connectivity index (χ0v) is 19.3. The highest BCUT2D eigenvalue weighted by Gasteiger charge is 2.59. The predicted octanol–water partition coefficient (Wildman–Crippen LogP) is 5.43. The van der Waals surface area contributed by atoms with Crippen LogP contribution in [-0.2, 0) is 23.3 Å². The number of para-hydroxylation sites is 1. The molecule has 1 aromatic heterocycles. The van der Waals surface area contributed by atoms with Crippen LogP contribution in [0.2, 0.25) is 0 Å². The molecule has 1 spiro atoms. The number of hydrogen-bond donors (Lipinski definition) is 1. The maximum Gasteiger partial charge on any atom is 0.238 e. The number of benzene rings is 2. The van der Waals surface area contributed by atoms with Crippen molar-refractivity contribution in [3.8, 4) is 0 Å². The fraction of sp³-hybridized carbons (Fsp3) is 0.500. The quantitative estimate of drug-likeness (QED) is 0.495. The molecule has 5 heteroatoms. The van der Waals surface area contributed by atoms with E-state index in [9.17, 15) is 9.90 Å². The van der Waals surface area contributed by atoms with Crippen LogP contribution in [0, 0.1) is 0 Å². The smallest absolute Gasteiger partial charge is 0.238 e. The zero-order valence-electron chi connectivity index (χ0n) is 19.3. The van der Waals surface area contributed by atoms with Gasteiger partial charge in [-0.15, -0.1) is 0 Å². The Bertz CT molecular complexity index is 1190. The van der Waals surface area contributed by atoms with E-state index in [1.807, 2.05) is 17.0 Å². The Balaban J connectivity index is 1.37. The van der Waals surface area contributed by atoms with Gasteiger partial charge in [-0.05, 0) is 73.8 Å². The van der Waals surface area contributed by atoms with Crippen molar-refractivity contribution in [2.45, 2.75) is 82.2 Å². The number of hydrogen-bond acceptors (Lipinski definition) is 3. The number of rotatable bonds is 7. The normalized spacial score (nSPS) is 19.5. The molecule has 0 atom stereocenters. The summed E-state index contributed by atoms with van der Waals surface area (Å²) >= 11 is 0. The average molecular weight is 444 g/mol. The molecule has 2 saturated carbocycles. The molecule has 1 N–H and O–H groups in total. The lowest BCUT2D eigenvalue weighted by molar-refractivity contribution is -0.120. The number of unbranched alkanes of at least 4 members (excludes halogenated alkanes) is 1. The van der Waals surface area contributed by atoms with Crippen LogP contribution in [0.5, 0.6) is 0 Å². The van der Waals surface area contributed by atoms with Crippen molar-refractivity contribution in [1.29, 1.82) is 0 Å². The first-order valence-electron chi connectivity index (χ1n) is 12.7. The van der Waals surface area contributed by atoms with Crippen LogP contribution in [0.15, 0.2) is 42.5 Å². The lowest BCUT2D eigenvalue weighted by atomic mass is 9.84. The van der Waals surface area contributed by atoms with Crippen LogP contribution >= 0.6 is 0 Å². The van der Waals surface area contributed by atoms with Gasteiger partial charge in [-0.3, -0.25) is 4.79 Å². The molecule has 3 aromatic rings. The van der Waals surface area contributed by atoms with Crippen molar-refractivity contribution in [1.82, 2.24) is 9.55 Å². The monoisotopic (exact) mass is 443 g/mol. The maximum absolute atomic E-state index is 13.5. The first-order valence-corrected chi connectivity index (χ1v) is 12.7. The Morgan fingerprint density at radius 2 is 1.85 bits per heavy atom. The fourth-order valence-electron chi connectivity index (χ4n) is 6.14. The van der Waals surface area contributed by atoms with Crippen molar-refractivity contribution in [3.05, 3.63) is 59.4 Å². The molecule has 3 aliphatic rings. The van der Waals surface area contributed by atoms with Crippen molar-refractivity contribution >= 4 is 22.6 Å². The Morgan fingerprint density at radius 3 is 2.64 bits per heavy atom. The molecule has 0 saturated heterocycles. The minimum Gasteiger partial charge on any atom is -0.396 e. The topological polar surface area (TPSA) is 58.4 Å². The molecule has 0 bridgehead atoms. The van der Waals surface area contributed by atoms with Gasteiger partial charge in [0.15, 0.2) is 0 Å². The number of carbonyl (C=O) groups is 1. The molecule has 1 amide bonds. The van der Waals surface area contributed by atoms with Crippen molar-refractivity contribution < 1.29 is 9.90 Å². The number of nitrogens with zero attached hydrogens (tertiary/aromatic N) is 3. The maximum atomic E-state index is 13.5. The first kappa shape index (κ1) is 20.9. The third-order valence-electron chi connectivity index (χ3n) is 8.13. The highest BCUT2D eigenvalue weighted by molar-refractivity contribution is 6.10. The van der Waals surface area contributed by atoms with E-state index in [0.717, 1.165) is 54.8 Å². The molecular formula is C28H33N3O2. The van der Waals surface area contributed by atoms with Crippen molar-refractivity contribution in [2.24, 2.45) is 0 Å². The summed E-state index contributed by atoms with van der Waals surface area (Å²) in [6, 6.07) is 15.1. The minimum absolute atomic E-state index is 0.203. The van der Waals surface area contributed by atoms with Gasteiger partial charge in [-0.25, -0.2) is 4.98 Å².